The van der Waals surface area contributed by atoms with E-state index in [9.17, 15) is 0 Å². The Hall–Kier alpha value is -0.0800. The molecular weight excluding hydrogens is 212 g/mol. The number of unbranched alkanes of at least 4 members (excludes halogenated alkanes) is 9. The van der Waals surface area contributed by atoms with Crippen molar-refractivity contribution in [3.63, 3.8) is 0 Å². The zero-order valence-electron chi connectivity index (χ0n) is 12.0. The molecule has 0 aromatic carbocycles. The van der Waals surface area contributed by atoms with Crippen molar-refractivity contribution in [3.05, 3.63) is 0 Å². The molecule has 0 fully saturated rings. The number of rotatable bonds is 14. The van der Waals surface area contributed by atoms with Crippen LogP contribution in [0.1, 0.15) is 84.5 Å². The third-order valence-corrected chi connectivity index (χ3v) is 3.00. The molecule has 0 unspecified atom stereocenters. The van der Waals surface area contributed by atoms with Gasteiger partial charge in [-0.05, 0) is 12.8 Å². The lowest BCUT2D eigenvalue weighted by Gasteiger charge is -2.03. The molecular formula is C15H32O2. The Morgan fingerprint density at radius 3 is 1.41 bits per heavy atom. The molecule has 0 rings (SSSR count). The smallest absolute Gasteiger partial charge is 0.0822 e. The fraction of sp³-hybridized carbons (Fsp3) is 1.00. The first-order chi connectivity index (χ1) is 8.41. The van der Waals surface area contributed by atoms with Gasteiger partial charge in [-0.3, -0.25) is 0 Å². The average Bonchev–Trinajstić information content (AvgIpc) is 2.35. The summed E-state index contributed by atoms with van der Waals surface area (Å²) in [6.45, 7) is 5.93. The van der Waals surface area contributed by atoms with E-state index in [4.69, 9.17) is 9.78 Å². The third kappa shape index (κ3) is 15.9. The molecule has 17 heavy (non-hydrogen) atoms. The van der Waals surface area contributed by atoms with E-state index >= 15 is 0 Å². The fourth-order valence-electron chi connectivity index (χ4n) is 1.79. The highest BCUT2D eigenvalue weighted by Gasteiger charge is 1.93. The number of hydrogen-bond donors (Lipinski definition) is 0. The van der Waals surface area contributed by atoms with E-state index in [-0.39, 0.29) is 0 Å². The van der Waals surface area contributed by atoms with Crippen molar-refractivity contribution in [1.82, 2.24) is 0 Å². The largest absolute Gasteiger partial charge is 0.237 e. The first kappa shape index (κ1) is 16.9. The normalized spacial score (nSPS) is 10.9. The van der Waals surface area contributed by atoms with Gasteiger partial charge in [0, 0.05) is 0 Å². The van der Waals surface area contributed by atoms with Crippen molar-refractivity contribution in [3.8, 4) is 0 Å². The highest BCUT2D eigenvalue weighted by Crippen LogP contribution is 2.09. The van der Waals surface area contributed by atoms with Gasteiger partial charge in [0.2, 0.25) is 0 Å². The molecule has 0 amide bonds. The molecule has 0 saturated heterocycles. The molecule has 0 aliphatic heterocycles. The van der Waals surface area contributed by atoms with E-state index in [2.05, 4.69) is 13.8 Å². The molecule has 0 atom stereocenters. The third-order valence-electron chi connectivity index (χ3n) is 3.00. The maximum absolute atomic E-state index is 5.10. The lowest BCUT2D eigenvalue weighted by molar-refractivity contribution is -0.295. The molecule has 0 aromatic heterocycles. The van der Waals surface area contributed by atoms with E-state index in [1.54, 1.807) is 0 Å². The first-order valence-corrected chi connectivity index (χ1v) is 7.66. The molecule has 0 saturated carbocycles. The highest BCUT2D eigenvalue weighted by atomic mass is 17.2. The second-order valence-corrected chi connectivity index (χ2v) is 4.83. The molecule has 2 heteroatoms. The maximum atomic E-state index is 5.10. The van der Waals surface area contributed by atoms with E-state index in [1.807, 2.05) is 0 Å². The summed E-state index contributed by atoms with van der Waals surface area (Å²) in [5.41, 5.74) is 0. The lowest BCUT2D eigenvalue weighted by atomic mass is 10.1. The summed E-state index contributed by atoms with van der Waals surface area (Å²) in [5.74, 6) is 0. The van der Waals surface area contributed by atoms with Crippen molar-refractivity contribution in [2.45, 2.75) is 84.5 Å². The zero-order valence-corrected chi connectivity index (χ0v) is 12.0. The summed E-state index contributed by atoms with van der Waals surface area (Å²) in [5, 5.41) is 0. The minimum absolute atomic E-state index is 0.744. The van der Waals surface area contributed by atoms with E-state index in [0.29, 0.717) is 0 Å². The highest BCUT2D eigenvalue weighted by molar-refractivity contribution is 4.46. The van der Waals surface area contributed by atoms with Crippen LogP contribution in [0.15, 0.2) is 0 Å². The van der Waals surface area contributed by atoms with Crippen LogP contribution in [-0.4, -0.2) is 13.2 Å². The van der Waals surface area contributed by atoms with Gasteiger partial charge in [-0.15, -0.1) is 0 Å². The Morgan fingerprint density at radius 2 is 0.882 bits per heavy atom. The van der Waals surface area contributed by atoms with E-state index in [0.717, 1.165) is 26.1 Å². The topological polar surface area (TPSA) is 18.5 Å². The maximum Gasteiger partial charge on any atom is 0.0822 e. The van der Waals surface area contributed by atoms with Crippen molar-refractivity contribution in [1.29, 1.82) is 0 Å². The molecule has 2 nitrogen and oxygen atoms in total. The Kier molecular flexibility index (Phi) is 15.8. The summed E-state index contributed by atoms with van der Waals surface area (Å²) in [6, 6.07) is 0. The summed E-state index contributed by atoms with van der Waals surface area (Å²) >= 11 is 0. The van der Waals surface area contributed by atoms with Gasteiger partial charge in [0.05, 0.1) is 13.2 Å². The predicted octanol–water partition coefficient (Wildman–Crippen LogP) is 5.27. The Morgan fingerprint density at radius 1 is 0.471 bits per heavy atom. The van der Waals surface area contributed by atoms with Crippen LogP contribution in [0.5, 0.6) is 0 Å². The second-order valence-electron chi connectivity index (χ2n) is 4.83. The minimum atomic E-state index is 0.744. The Balaban J connectivity index is 2.85. The summed E-state index contributed by atoms with van der Waals surface area (Å²) in [6.07, 6.45) is 14.4. The van der Waals surface area contributed by atoms with Gasteiger partial charge in [0.25, 0.3) is 0 Å². The standard InChI is InChI=1S/C15H32O2/c1-3-5-7-8-9-10-11-12-13-15-17-16-14-6-4-2/h3-15H2,1-2H3. The quantitative estimate of drug-likeness (QED) is 0.235. The first-order valence-electron chi connectivity index (χ1n) is 7.66. The van der Waals surface area contributed by atoms with Crippen LogP contribution in [-0.2, 0) is 9.78 Å². The van der Waals surface area contributed by atoms with Gasteiger partial charge >= 0.3 is 0 Å². The molecule has 0 bridgehead atoms. The lowest BCUT2D eigenvalue weighted by Crippen LogP contribution is -1.98. The van der Waals surface area contributed by atoms with Gasteiger partial charge < -0.3 is 0 Å². The number of hydrogen-bond acceptors (Lipinski definition) is 2. The molecule has 0 N–H and O–H groups in total. The molecule has 0 spiro atoms. The molecule has 0 aliphatic rings. The van der Waals surface area contributed by atoms with Gasteiger partial charge in [0.15, 0.2) is 0 Å². The predicted molar refractivity (Wildman–Crippen MR) is 74.0 cm³/mol. The summed E-state index contributed by atoms with van der Waals surface area (Å²) in [4.78, 5) is 10.1. The van der Waals surface area contributed by atoms with Crippen LogP contribution >= 0.6 is 0 Å². The van der Waals surface area contributed by atoms with E-state index < -0.39 is 0 Å². The van der Waals surface area contributed by atoms with Crippen LogP contribution in [0, 0.1) is 0 Å². The zero-order chi connectivity index (χ0) is 12.6. The summed E-state index contributed by atoms with van der Waals surface area (Å²) < 4.78 is 0. The van der Waals surface area contributed by atoms with Gasteiger partial charge in [-0.1, -0.05) is 71.6 Å². The molecule has 0 aliphatic carbocycles. The summed E-state index contributed by atoms with van der Waals surface area (Å²) in [7, 11) is 0. The van der Waals surface area contributed by atoms with Crippen LogP contribution < -0.4 is 0 Å². The van der Waals surface area contributed by atoms with Crippen LogP contribution in [0.3, 0.4) is 0 Å². The average molecular weight is 244 g/mol. The molecule has 0 aromatic rings. The second kappa shape index (κ2) is 15.9. The van der Waals surface area contributed by atoms with Crippen molar-refractivity contribution in [2.24, 2.45) is 0 Å². The Bertz CT molecular complexity index is 112. The SMILES string of the molecule is CCCCCCCCCCCOOCCCC. The monoisotopic (exact) mass is 244 g/mol. The van der Waals surface area contributed by atoms with Crippen molar-refractivity contribution >= 4 is 0 Å². The molecule has 0 radical (unpaired) electrons. The minimum Gasteiger partial charge on any atom is -0.237 e. The van der Waals surface area contributed by atoms with Gasteiger partial charge in [-0.25, -0.2) is 9.78 Å². The van der Waals surface area contributed by atoms with E-state index in [1.165, 1.54) is 57.8 Å². The van der Waals surface area contributed by atoms with Crippen LogP contribution in [0.4, 0.5) is 0 Å². The van der Waals surface area contributed by atoms with Gasteiger partial charge in [0.1, 0.15) is 0 Å². The van der Waals surface area contributed by atoms with Gasteiger partial charge in [-0.2, -0.15) is 0 Å². The molecule has 0 heterocycles. The van der Waals surface area contributed by atoms with Crippen LogP contribution in [0.25, 0.3) is 0 Å². The van der Waals surface area contributed by atoms with Crippen molar-refractivity contribution < 1.29 is 9.78 Å². The van der Waals surface area contributed by atoms with Crippen LogP contribution in [0.2, 0.25) is 0 Å². The Labute approximate surface area is 108 Å². The molecule has 104 valence electrons. The van der Waals surface area contributed by atoms with Crippen molar-refractivity contribution in [2.75, 3.05) is 13.2 Å². The fourth-order valence-corrected chi connectivity index (χ4v) is 1.79.